The van der Waals surface area contributed by atoms with Gasteiger partial charge in [-0.05, 0) is 31.1 Å². The number of piperidine rings is 1. The fraction of sp³-hybridized carbons (Fsp3) is 0.857. The molecule has 0 spiro atoms. The summed E-state index contributed by atoms with van der Waals surface area (Å²) < 4.78 is 5.37. The summed E-state index contributed by atoms with van der Waals surface area (Å²) in [5.74, 6) is 0.121. The monoisotopic (exact) mass is 284 g/mol. The Labute approximate surface area is 120 Å². The number of rotatable bonds is 2. The molecule has 2 N–H and O–H groups in total. The van der Waals surface area contributed by atoms with E-state index in [0.29, 0.717) is 31.0 Å². The SMILES string of the molecule is CC1(C)CCCN(C(=O)C2(C(N)=S)CCOCC2)C1. The van der Waals surface area contributed by atoms with Gasteiger partial charge in [0, 0.05) is 26.3 Å². The van der Waals surface area contributed by atoms with Crippen molar-refractivity contribution < 1.29 is 9.53 Å². The number of carbonyl (C=O) groups excluding carboxylic acids is 1. The molecule has 2 aliphatic rings. The van der Waals surface area contributed by atoms with E-state index in [0.717, 1.165) is 19.5 Å². The van der Waals surface area contributed by atoms with Crippen LogP contribution < -0.4 is 5.73 Å². The topological polar surface area (TPSA) is 55.6 Å². The minimum absolute atomic E-state index is 0.121. The molecule has 1 amide bonds. The van der Waals surface area contributed by atoms with Crippen molar-refractivity contribution >= 4 is 23.1 Å². The molecule has 0 bridgehead atoms. The van der Waals surface area contributed by atoms with Crippen molar-refractivity contribution in [2.24, 2.45) is 16.6 Å². The number of thiocarbonyl (C=S) groups is 1. The zero-order chi connectivity index (χ0) is 14.1. The summed E-state index contributed by atoms with van der Waals surface area (Å²) in [7, 11) is 0. The molecule has 0 unspecified atom stereocenters. The van der Waals surface area contributed by atoms with Gasteiger partial charge in [-0.3, -0.25) is 4.79 Å². The van der Waals surface area contributed by atoms with Gasteiger partial charge in [-0.15, -0.1) is 0 Å². The molecule has 2 saturated heterocycles. The lowest BCUT2D eigenvalue weighted by molar-refractivity contribution is -0.145. The maximum absolute atomic E-state index is 12.9. The zero-order valence-corrected chi connectivity index (χ0v) is 12.7. The highest BCUT2D eigenvalue weighted by atomic mass is 32.1. The predicted molar refractivity (Wildman–Crippen MR) is 78.9 cm³/mol. The lowest BCUT2D eigenvalue weighted by atomic mass is 9.76. The Balaban J connectivity index is 2.18. The minimum Gasteiger partial charge on any atom is -0.392 e. The van der Waals surface area contributed by atoms with Crippen LogP contribution in [-0.4, -0.2) is 42.1 Å². The summed E-state index contributed by atoms with van der Waals surface area (Å²) in [5, 5.41) is 0. The number of nitrogens with two attached hydrogens (primary N) is 1. The largest absolute Gasteiger partial charge is 0.392 e. The van der Waals surface area contributed by atoms with Gasteiger partial charge in [0.05, 0.1) is 4.99 Å². The molecule has 0 atom stereocenters. The van der Waals surface area contributed by atoms with Gasteiger partial charge in [0.15, 0.2) is 0 Å². The molecule has 5 heteroatoms. The molecule has 0 aromatic rings. The van der Waals surface area contributed by atoms with Gasteiger partial charge in [0.1, 0.15) is 5.41 Å². The number of likely N-dealkylation sites (tertiary alicyclic amines) is 1. The van der Waals surface area contributed by atoms with Crippen LogP contribution in [-0.2, 0) is 9.53 Å². The molecule has 108 valence electrons. The van der Waals surface area contributed by atoms with Crippen LogP contribution in [0.3, 0.4) is 0 Å². The molecule has 0 radical (unpaired) electrons. The van der Waals surface area contributed by atoms with Crippen molar-refractivity contribution in [2.75, 3.05) is 26.3 Å². The van der Waals surface area contributed by atoms with E-state index in [1.807, 2.05) is 4.90 Å². The molecule has 0 aliphatic carbocycles. The summed E-state index contributed by atoms with van der Waals surface area (Å²) in [6.45, 7) is 7.19. The highest BCUT2D eigenvalue weighted by Gasteiger charge is 2.46. The molecule has 19 heavy (non-hydrogen) atoms. The summed E-state index contributed by atoms with van der Waals surface area (Å²) in [6, 6.07) is 0. The van der Waals surface area contributed by atoms with Crippen molar-refractivity contribution in [3.8, 4) is 0 Å². The normalized spacial score (nSPS) is 25.9. The summed E-state index contributed by atoms with van der Waals surface area (Å²) in [6.07, 6.45) is 3.47. The third-order valence-electron chi connectivity index (χ3n) is 4.42. The molecule has 4 nitrogen and oxygen atoms in total. The maximum atomic E-state index is 12.9. The first kappa shape index (κ1) is 14.7. The van der Waals surface area contributed by atoms with E-state index in [-0.39, 0.29) is 11.3 Å². The lowest BCUT2D eigenvalue weighted by Crippen LogP contribution is -2.56. The Morgan fingerprint density at radius 3 is 2.42 bits per heavy atom. The summed E-state index contributed by atoms with van der Waals surface area (Å²) in [4.78, 5) is 15.2. The molecule has 2 aliphatic heterocycles. The Hall–Kier alpha value is -0.680. The number of ether oxygens (including phenoxy) is 1. The Morgan fingerprint density at radius 1 is 1.26 bits per heavy atom. The highest BCUT2D eigenvalue weighted by Crippen LogP contribution is 2.36. The standard InChI is InChI=1S/C14H24N2O2S/c1-13(2)4-3-7-16(10-13)12(17)14(11(15)19)5-8-18-9-6-14/h3-10H2,1-2H3,(H2,15,19). The summed E-state index contributed by atoms with van der Waals surface area (Å²) in [5.41, 5.74) is 5.43. The van der Waals surface area contributed by atoms with Crippen LogP contribution in [0.25, 0.3) is 0 Å². The first-order valence-electron chi connectivity index (χ1n) is 7.04. The van der Waals surface area contributed by atoms with Gasteiger partial charge in [0.2, 0.25) is 5.91 Å². The molecule has 0 saturated carbocycles. The van der Waals surface area contributed by atoms with Gasteiger partial charge in [-0.25, -0.2) is 0 Å². The Kier molecular flexibility index (Phi) is 4.16. The van der Waals surface area contributed by atoms with Gasteiger partial charge < -0.3 is 15.4 Å². The van der Waals surface area contributed by atoms with Crippen molar-refractivity contribution in [3.63, 3.8) is 0 Å². The van der Waals surface area contributed by atoms with E-state index in [1.165, 1.54) is 6.42 Å². The van der Waals surface area contributed by atoms with Crippen molar-refractivity contribution in [3.05, 3.63) is 0 Å². The first-order chi connectivity index (χ1) is 8.87. The van der Waals surface area contributed by atoms with E-state index < -0.39 is 5.41 Å². The van der Waals surface area contributed by atoms with Crippen LogP contribution in [0.15, 0.2) is 0 Å². The number of amides is 1. The second-order valence-corrected chi connectivity index (χ2v) is 6.99. The van der Waals surface area contributed by atoms with Gasteiger partial charge in [-0.2, -0.15) is 0 Å². The van der Waals surface area contributed by atoms with Gasteiger partial charge in [0.25, 0.3) is 0 Å². The molecule has 0 aromatic heterocycles. The van der Waals surface area contributed by atoms with Crippen LogP contribution in [0.2, 0.25) is 0 Å². The fourth-order valence-electron chi connectivity index (χ4n) is 3.18. The predicted octanol–water partition coefficient (Wildman–Crippen LogP) is 1.72. The van der Waals surface area contributed by atoms with Gasteiger partial charge >= 0.3 is 0 Å². The number of carbonyl (C=O) groups is 1. The van der Waals surface area contributed by atoms with E-state index in [4.69, 9.17) is 22.7 Å². The van der Waals surface area contributed by atoms with Gasteiger partial charge in [-0.1, -0.05) is 26.1 Å². The smallest absolute Gasteiger partial charge is 0.235 e. The van der Waals surface area contributed by atoms with E-state index in [2.05, 4.69) is 13.8 Å². The third kappa shape index (κ3) is 2.92. The van der Waals surface area contributed by atoms with Crippen molar-refractivity contribution in [1.29, 1.82) is 0 Å². The second-order valence-electron chi connectivity index (χ2n) is 6.55. The number of hydrogen-bond donors (Lipinski definition) is 1. The van der Waals surface area contributed by atoms with Crippen molar-refractivity contribution in [2.45, 2.75) is 39.5 Å². The maximum Gasteiger partial charge on any atom is 0.235 e. The van der Waals surface area contributed by atoms with Crippen LogP contribution in [0.1, 0.15) is 39.5 Å². The third-order valence-corrected chi connectivity index (χ3v) is 4.81. The quantitative estimate of drug-likeness (QED) is 0.785. The molecule has 0 aromatic carbocycles. The molecule has 2 fully saturated rings. The fourth-order valence-corrected chi connectivity index (χ4v) is 3.48. The number of hydrogen-bond acceptors (Lipinski definition) is 3. The Bertz CT molecular complexity index is 376. The molecule has 2 rings (SSSR count). The minimum atomic E-state index is -0.666. The van der Waals surface area contributed by atoms with E-state index in [1.54, 1.807) is 0 Å². The summed E-state index contributed by atoms with van der Waals surface area (Å²) >= 11 is 5.21. The van der Waals surface area contributed by atoms with Crippen LogP contribution in [0.5, 0.6) is 0 Å². The first-order valence-corrected chi connectivity index (χ1v) is 7.45. The molecule has 2 heterocycles. The van der Waals surface area contributed by atoms with Crippen molar-refractivity contribution in [1.82, 2.24) is 4.90 Å². The van der Waals surface area contributed by atoms with Crippen LogP contribution in [0.4, 0.5) is 0 Å². The number of nitrogens with zero attached hydrogens (tertiary/aromatic N) is 1. The highest BCUT2D eigenvalue weighted by molar-refractivity contribution is 7.80. The van der Waals surface area contributed by atoms with Crippen LogP contribution >= 0.6 is 12.2 Å². The lowest BCUT2D eigenvalue weighted by Gasteiger charge is -2.44. The average molecular weight is 284 g/mol. The second kappa shape index (κ2) is 5.37. The van der Waals surface area contributed by atoms with E-state index >= 15 is 0 Å². The Morgan fingerprint density at radius 2 is 1.89 bits per heavy atom. The van der Waals surface area contributed by atoms with Crippen LogP contribution in [0, 0.1) is 10.8 Å². The van der Waals surface area contributed by atoms with E-state index in [9.17, 15) is 4.79 Å². The average Bonchev–Trinajstić information content (AvgIpc) is 2.37. The molecular weight excluding hydrogens is 260 g/mol. The zero-order valence-electron chi connectivity index (χ0n) is 11.9. The molecular formula is C14H24N2O2S.